The largest absolute Gasteiger partial charge is 0.497 e. The van der Waals surface area contributed by atoms with E-state index in [0.29, 0.717) is 17.1 Å². The molecule has 0 aliphatic carbocycles. The molecule has 2 N–H and O–H groups in total. The molecule has 4 rings (SSSR count). The summed E-state index contributed by atoms with van der Waals surface area (Å²) >= 11 is 6.12. The van der Waals surface area contributed by atoms with E-state index in [2.05, 4.69) is 15.2 Å². The fraction of sp³-hybridized carbons (Fsp3) is 0.0833. The highest BCUT2D eigenvalue weighted by Crippen LogP contribution is 2.34. The van der Waals surface area contributed by atoms with Crippen molar-refractivity contribution in [3.63, 3.8) is 0 Å². The fourth-order valence-corrected chi connectivity index (χ4v) is 4.63. The fourth-order valence-electron chi connectivity index (χ4n) is 3.32. The van der Waals surface area contributed by atoms with Gasteiger partial charge in [0.15, 0.2) is 0 Å². The molecule has 8 nitrogen and oxygen atoms in total. The van der Waals surface area contributed by atoms with Crippen molar-refractivity contribution in [3.05, 3.63) is 88.9 Å². The number of nitrogens with zero attached hydrogens (tertiary/aromatic N) is 1. The molecule has 4 aromatic rings. The first-order valence-corrected chi connectivity index (χ1v) is 12.0. The molecule has 0 bridgehead atoms. The van der Waals surface area contributed by atoms with Gasteiger partial charge in [-0.05, 0) is 67.6 Å². The van der Waals surface area contributed by atoms with Gasteiger partial charge in [-0.1, -0.05) is 22.8 Å². The number of rotatable bonds is 7. The van der Waals surface area contributed by atoms with Crippen LogP contribution in [0.5, 0.6) is 5.75 Å². The maximum absolute atomic E-state index is 14.4. The highest BCUT2D eigenvalue weighted by Gasteiger charge is 2.25. The summed E-state index contributed by atoms with van der Waals surface area (Å²) in [4.78, 5) is 13.0. The predicted molar refractivity (Wildman–Crippen MR) is 130 cm³/mol. The van der Waals surface area contributed by atoms with Crippen LogP contribution >= 0.6 is 11.6 Å². The lowest BCUT2D eigenvalue weighted by Gasteiger charge is -2.10. The maximum Gasteiger partial charge on any atom is 0.261 e. The number of aryl methyl sites for hydroxylation is 1. The molecule has 1 amide bonds. The summed E-state index contributed by atoms with van der Waals surface area (Å²) in [5.41, 5.74) is 0.595. The van der Waals surface area contributed by atoms with E-state index in [1.54, 1.807) is 24.3 Å². The first-order chi connectivity index (χ1) is 16.7. The molecular formula is C24H19ClFN3O5S. The molecule has 1 heterocycles. The Labute approximate surface area is 205 Å². The van der Waals surface area contributed by atoms with E-state index in [-0.39, 0.29) is 32.5 Å². The van der Waals surface area contributed by atoms with E-state index in [1.165, 1.54) is 56.5 Å². The van der Waals surface area contributed by atoms with Gasteiger partial charge in [0, 0.05) is 11.4 Å². The number of methoxy groups -OCH3 is 1. The van der Waals surface area contributed by atoms with Gasteiger partial charge in [-0.25, -0.2) is 12.8 Å². The number of hydrogen-bond acceptors (Lipinski definition) is 6. The Morgan fingerprint density at radius 3 is 2.31 bits per heavy atom. The summed E-state index contributed by atoms with van der Waals surface area (Å²) in [5.74, 6) is -0.514. The molecule has 0 radical (unpaired) electrons. The number of benzene rings is 3. The first-order valence-electron chi connectivity index (χ1n) is 10.2. The second-order valence-corrected chi connectivity index (χ2v) is 9.46. The summed E-state index contributed by atoms with van der Waals surface area (Å²) < 4.78 is 52.4. The smallest absolute Gasteiger partial charge is 0.261 e. The van der Waals surface area contributed by atoms with Crippen LogP contribution in [-0.2, 0) is 10.0 Å². The van der Waals surface area contributed by atoms with Crippen molar-refractivity contribution >= 4 is 38.9 Å². The van der Waals surface area contributed by atoms with E-state index >= 15 is 0 Å². The quantitative estimate of drug-likeness (QED) is 0.336. The molecule has 0 fully saturated rings. The van der Waals surface area contributed by atoms with Crippen LogP contribution in [0, 0.1) is 12.7 Å². The Bertz CT molecular complexity index is 1470. The number of hydrogen-bond donors (Lipinski definition) is 2. The molecule has 35 heavy (non-hydrogen) atoms. The SMILES string of the molecule is COc1ccc(NS(=O)(=O)c2ccc(NC(=O)c3c(-c4c(F)cccc4Cl)noc3C)cc2)cc1. The Kier molecular flexibility index (Phi) is 6.77. The van der Waals surface area contributed by atoms with Gasteiger partial charge in [-0.15, -0.1) is 0 Å². The van der Waals surface area contributed by atoms with E-state index in [0.717, 1.165) is 0 Å². The van der Waals surface area contributed by atoms with Gasteiger partial charge in [0.05, 0.1) is 22.6 Å². The molecule has 0 aliphatic heterocycles. The minimum Gasteiger partial charge on any atom is -0.497 e. The maximum atomic E-state index is 14.4. The van der Waals surface area contributed by atoms with Crippen LogP contribution in [0.1, 0.15) is 16.1 Å². The summed E-state index contributed by atoms with van der Waals surface area (Å²) in [6.45, 7) is 1.51. The molecule has 0 unspecified atom stereocenters. The Morgan fingerprint density at radius 2 is 1.69 bits per heavy atom. The Hall–Kier alpha value is -3.89. The number of nitrogens with one attached hydrogen (secondary N) is 2. The lowest BCUT2D eigenvalue weighted by molar-refractivity contribution is 0.102. The topological polar surface area (TPSA) is 111 Å². The van der Waals surface area contributed by atoms with Crippen molar-refractivity contribution in [2.24, 2.45) is 0 Å². The second kappa shape index (κ2) is 9.77. The highest BCUT2D eigenvalue weighted by molar-refractivity contribution is 7.92. The molecule has 0 atom stereocenters. The first kappa shape index (κ1) is 24.2. The van der Waals surface area contributed by atoms with Crippen molar-refractivity contribution in [2.75, 3.05) is 17.1 Å². The molecule has 0 saturated heterocycles. The monoisotopic (exact) mass is 515 g/mol. The molecule has 3 aromatic carbocycles. The summed E-state index contributed by atoms with van der Waals surface area (Å²) in [6, 6.07) is 16.1. The van der Waals surface area contributed by atoms with Crippen molar-refractivity contribution in [1.82, 2.24) is 5.16 Å². The van der Waals surface area contributed by atoms with Crippen LogP contribution in [0.15, 0.2) is 76.1 Å². The number of sulfonamides is 1. The minimum atomic E-state index is -3.87. The van der Waals surface area contributed by atoms with Crippen LogP contribution in [0.2, 0.25) is 5.02 Å². The van der Waals surface area contributed by atoms with Crippen LogP contribution in [0.3, 0.4) is 0 Å². The third kappa shape index (κ3) is 5.13. The third-order valence-electron chi connectivity index (χ3n) is 5.05. The molecule has 0 aliphatic rings. The number of anilines is 2. The average Bonchev–Trinajstić information content (AvgIpc) is 3.20. The lowest BCUT2D eigenvalue weighted by Crippen LogP contribution is -2.15. The number of ether oxygens (including phenoxy) is 1. The van der Waals surface area contributed by atoms with Crippen molar-refractivity contribution in [1.29, 1.82) is 0 Å². The molecule has 1 aromatic heterocycles. The van der Waals surface area contributed by atoms with E-state index < -0.39 is 21.7 Å². The summed E-state index contributed by atoms with van der Waals surface area (Å²) in [6.07, 6.45) is 0. The number of carbonyl (C=O) groups is 1. The van der Waals surface area contributed by atoms with Gasteiger partial charge >= 0.3 is 0 Å². The van der Waals surface area contributed by atoms with Crippen LogP contribution in [0.25, 0.3) is 11.3 Å². The zero-order valence-corrected chi connectivity index (χ0v) is 20.1. The number of halogens is 2. The van der Waals surface area contributed by atoms with Gasteiger partial charge in [-0.2, -0.15) is 0 Å². The third-order valence-corrected chi connectivity index (χ3v) is 6.77. The molecule has 11 heteroatoms. The van der Waals surface area contributed by atoms with Gasteiger partial charge in [-0.3, -0.25) is 9.52 Å². The zero-order valence-electron chi connectivity index (χ0n) is 18.5. The van der Waals surface area contributed by atoms with Gasteiger partial charge < -0.3 is 14.6 Å². The zero-order chi connectivity index (χ0) is 25.2. The van der Waals surface area contributed by atoms with Gasteiger partial charge in [0.2, 0.25) is 0 Å². The summed E-state index contributed by atoms with van der Waals surface area (Å²) in [7, 11) is -2.35. The normalized spacial score (nSPS) is 11.2. The number of amides is 1. The van der Waals surface area contributed by atoms with Crippen LogP contribution in [0.4, 0.5) is 15.8 Å². The number of aromatic nitrogens is 1. The molecule has 0 saturated carbocycles. The standard InChI is InChI=1S/C24H19ClFN3O5S/c1-14-21(23(28-34-14)22-19(25)4-3-5-20(22)26)24(30)27-15-8-12-18(13-9-15)35(31,32)29-16-6-10-17(33-2)11-7-16/h3-13,29H,1-2H3,(H,27,30). The van der Waals surface area contributed by atoms with E-state index in [4.69, 9.17) is 20.9 Å². The van der Waals surface area contributed by atoms with Crippen molar-refractivity contribution in [3.8, 4) is 17.0 Å². The lowest BCUT2D eigenvalue weighted by atomic mass is 10.0. The van der Waals surface area contributed by atoms with Crippen molar-refractivity contribution in [2.45, 2.75) is 11.8 Å². The van der Waals surface area contributed by atoms with Gasteiger partial charge in [0.25, 0.3) is 15.9 Å². The molecule has 0 spiro atoms. The van der Waals surface area contributed by atoms with Gasteiger partial charge in [0.1, 0.15) is 28.6 Å². The second-order valence-electron chi connectivity index (χ2n) is 7.37. The van der Waals surface area contributed by atoms with E-state index in [1.807, 2.05) is 0 Å². The minimum absolute atomic E-state index is 0.00805. The number of carbonyl (C=O) groups excluding carboxylic acids is 1. The predicted octanol–water partition coefficient (Wildman–Crippen LogP) is 5.50. The Morgan fingerprint density at radius 1 is 1.03 bits per heavy atom. The Balaban J connectivity index is 1.54. The summed E-state index contributed by atoms with van der Waals surface area (Å²) in [5, 5.41) is 6.53. The van der Waals surface area contributed by atoms with E-state index in [9.17, 15) is 17.6 Å². The van der Waals surface area contributed by atoms with Crippen LogP contribution < -0.4 is 14.8 Å². The molecular weight excluding hydrogens is 497 g/mol. The highest BCUT2D eigenvalue weighted by atomic mass is 35.5. The average molecular weight is 516 g/mol. The van der Waals surface area contributed by atoms with Crippen molar-refractivity contribution < 1.29 is 26.9 Å². The van der Waals surface area contributed by atoms with Crippen LogP contribution in [-0.4, -0.2) is 26.6 Å². The molecule has 180 valence electrons.